The third kappa shape index (κ3) is 1.57. The molecule has 0 bridgehead atoms. The van der Waals surface area contributed by atoms with E-state index in [2.05, 4.69) is 0 Å². The van der Waals surface area contributed by atoms with Crippen molar-refractivity contribution in [2.24, 2.45) is 28.6 Å². The van der Waals surface area contributed by atoms with Gasteiger partial charge in [-0.2, -0.15) is 0 Å². The summed E-state index contributed by atoms with van der Waals surface area (Å²) in [6.07, 6.45) is 1.48. The standard InChI is InChI=1S/C21H24F2O4/c1-10-6-12-13-8-15(22)14-7-11(24)4-5-18(14,2)21(13,23)16(25)9-20(12)19(10,3)17(26)27-20/h4-5,7,10,12-13,15-16,25H,6,8-9H2,1-3H3/t10-,12+,13+,15+,16+,18+,19+,20+,21+/m1/s1. The van der Waals surface area contributed by atoms with Crippen LogP contribution in [0.3, 0.4) is 0 Å². The van der Waals surface area contributed by atoms with Crippen LogP contribution < -0.4 is 0 Å². The van der Waals surface area contributed by atoms with Crippen molar-refractivity contribution < 1.29 is 28.2 Å². The molecule has 1 N–H and O–H groups in total. The summed E-state index contributed by atoms with van der Waals surface area (Å²) in [5.74, 6) is -1.81. The number of esters is 1. The Morgan fingerprint density at radius 2 is 1.93 bits per heavy atom. The maximum Gasteiger partial charge on any atom is 0.316 e. The summed E-state index contributed by atoms with van der Waals surface area (Å²) in [7, 11) is 0. The van der Waals surface area contributed by atoms with E-state index in [-0.39, 0.29) is 42.0 Å². The summed E-state index contributed by atoms with van der Waals surface area (Å²) in [6.45, 7) is 5.37. The molecule has 27 heavy (non-hydrogen) atoms. The lowest BCUT2D eigenvalue weighted by molar-refractivity contribution is -0.294. The number of fused-ring (bicyclic) bond motifs is 4. The normalized spacial score (nSPS) is 58.3. The number of allylic oxidation sites excluding steroid dienone is 4. The Balaban J connectivity index is 1.67. The first kappa shape index (κ1) is 17.5. The first-order valence-corrected chi connectivity index (χ1v) is 9.72. The molecule has 9 atom stereocenters. The van der Waals surface area contributed by atoms with Gasteiger partial charge in [-0.1, -0.05) is 13.0 Å². The number of carbonyl (C=O) groups excluding carboxylic acids is 2. The van der Waals surface area contributed by atoms with Crippen LogP contribution >= 0.6 is 0 Å². The van der Waals surface area contributed by atoms with Crippen molar-refractivity contribution in [3.05, 3.63) is 23.8 Å². The van der Waals surface area contributed by atoms with Gasteiger partial charge in [0.2, 0.25) is 0 Å². The first-order chi connectivity index (χ1) is 12.5. The molecule has 0 aromatic rings. The van der Waals surface area contributed by atoms with Gasteiger partial charge in [-0.3, -0.25) is 9.59 Å². The SMILES string of the molecule is C[C@@H]1C[C@H]2[C@@H]3C[C@H](F)C4=CC(=O)C=C[C@]4(C)[C@@]3(F)[C@@H](O)C[C@]23OC(=O)[C@]13C. The topological polar surface area (TPSA) is 63.6 Å². The first-order valence-electron chi connectivity index (χ1n) is 9.72. The number of hydrogen-bond donors (Lipinski definition) is 1. The minimum Gasteiger partial charge on any atom is -0.457 e. The summed E-state index contributed by atoms with van der Waals surface area (Å²) in [5, 5.41) is 11.0. The smallest absolute Gasteiger partial charge is 0.316 e. The minimum absolute atomic E-state index is 0.0128. The van der Waals surface area contributed by atoms with Gasteiger partial charge in [0.1, 0.15) is 17.2 Å². The van der Waals surface area contributed by atoms with E-state index in [0.29, 0.717) is 6.42 Å². The molecule has 5 aliphatic rings. The lowest BCUT2D eigenvalue weighted by Crippen LogP contribution is -2.76. The van der Waals surface area contributed by atoms with Crippen LogP contribution in [-0.4, -0.2) is 40.4 Å². The predicted octanol–water partition coefficient (Wildman–Crippen LogP) is 2.85. The molecular weight excluding hydrogens is 354 g/mol. The fourth-order valence-electron chi connectivity index (χ4n) is 7.14. The molecule has 4 aliphatic carbocycles. The molecule has 1 saturated heterocycles. The van der Waals surface area contributed by atoms with Crippen LogP contribution in [-0.2, 0) is 14.3 Å². The maximum absolute atomic E-state index is 16.8. The van der Waals surface area contributed by atoms with Gasteiger partial charge in [0, 0.05) is 23.7 Å². The molecule has 1 aliphatic heterocycles. The van der Waals surface area contributed by atoms with E-state index in [1.54, 1.807) is 6.92 Å². The van der Waals surface area contributed by atoms with E-state index < -0.39 is 40.3 Å². The van der Waals surface area contributed by atoms with E-state index in [0.717, 1.165) is 0 Å². The average Bonchev–Trinajstić information content (AvgIpc) is 2.78. The van der Waals surface area contributed by atoms with Gasteiger partial charge in [-0.25, -0.2) is 8.78 Å². The number of halogens is 2. The molecule has 4 nitrogen and oxygen atoms in total. The van der Waals surface area contributed by atoms with Crippen molar-refractivity contribution in [3.63, 3.8) is 0 Å². The number of hydrogen-bond acceptors (Lipinski definition) is 4. The van der Waals surface area contributed by atoms with Gasteiger partial charge in [0.05, 0.1) is 6.10 Å². The Hall–Kier alpha value is -1.56. The monoisotopic (exact) mass is 378 g/mol. The van der Waals surface area contributed by atoms with Gasteiger partial charge in [-0.05, 0) is 50.3 Å². The van der Waals surface area contributed by atoms with E-state index in [1.807, 2.05) is 13.8 Å². The highest BCUT2D eigenvalue weighted by Gasteiger charge is 2.83. The van der Waals surface area contributed by atoms with Gasteiger partial charge in [0.25, 0.3) is 0 Å². The molecule has 0 aromatic carbocycles. The van der Waals surface area contributed by atoms with E-state index in [1.165, 1.54) is 18.2 Å². The van der Waals surface area contributed by atoms with Crippen LogP contribution in [0.15, 0.2) is 23.8 Å². The molecule has 0 aromatic heterocycles. The van der Waals surface area contributed by atoms with Gasteiger partial charge >= 0.3 is 5.97 Å². The van der Waals surface area contributed by atoms with Gasteiger partial charge in [-0.15, -0.1) is 0 Å². The lowest BCUT2D eigenvalue weighted by Gasteiger charge is -2.66. The summed E-state index contributed by atoms with van der Waals surface area (Å²) < 4.78 is 37.6. The number of carbonyl (C=O) groups is 2. The number of alkyl halides is 2. The number of ketones is 1. The molecule has 4 fully saturated rings. The van der Waals surface area contributed by atoms with E-state index in [4.69, 9.17) is 4.74 Å². The molecular formula is C21H24F2O4. The highest BCUT2D eigenvalue weighted by Crippen LogP contribution is 2.74. The molecule has 3 saturated carbocycles. The minimum atomic E-state index is -2.11. The zero-order valence-corrected chi connectivity index (χ0v) is 15.7. The van der Waals surface area contributed by atoms with Crippen LogP contribution in [0.25, 0.3) is 0 Å². The number of aliphatic hydroxyl groups is 1. The molecule has 0 unspecified atom stereocenters. The average molecular weight is 378 g/mol. The third-order valence-corrected chi connectivity index (χ3v) is 8.85. The summed E-state index contributed by atoms with van der Waals surface area (Å²) >= 11 is 0. The highest BCUT2D eigenvalue weighted by molar-refractivity contribution is 6.01. The van der Waals surface area contributed by atoms with Crippen LogP contribution in [0.2, 0.25) is 0 Å². The second-order valence-electron chi connectivity index (χ2n) is 9.56. The van der Waals surface area contributed by atoms with Gasteiger partial charge < -0.3 is 9.84 Å². The summed E-state index contributed by atoms with van der Waals surface area (Å²) in [6, 6.07) is 0. The maximum atomic E-state index is 16.8. The molecule has 0 amide bonds. The van der Waals surface area contributed by atoms with Crippen LogP contribution in [0.1, 0.15) is 40.0 Å². The number of ether oxygens (including phenoxy) is 1. The Bertz CT molecular complexity index is 836. The zero-order valence-electron chi connectivity index (χ0n) is 15.7. The molecule has 1 spiro atoms. The highest BCUT2D eigenvalue weighted by atomic mass is 19.1. The molecule has 0 radical (unpaired) electrons. The zero-order chi connectivity index (χ0) is 19.6. The number of aliphatic hydroxyl groups excluding tert-OH is 1. The molecule has 1 heterocycles. The van der Waals surface area contributed by atoms with E-state index in [9.17, 15) is 14.7 Å². The summed E-state index contributed by atoms with van der Waals surface area (Å²) in [5.41, 5.74) is -5.07. The Morgan fingerprint density at radius 1 is 1.22 bits per heavy atom. The molecule has 6 heteroatoms. The van der Waals surface area contributed by atoms with Crippen molar-refractivity contribution in [1.82, 2.24) is 0 Å². The quantitative estimate of drug-likeness (QED) is 0.659. The predicted molar refractivity (Wildman–Crippen MR) is 92.0 cm³/mol. The van der Waals surface area contributed by atoms with Crippen molar-refractivity contribution in [2.75, 3.05) is 0 Å². The van der Waals surface area contributed by atoms with Crippen molar-refractivity contribution in [2.45, 2.75) is 63.6 Å². The Morgan fingerprint density at radius 3 is 2.59 bits per heavy atom. The van der Waals surface area contributed by atoms with Crippen LogP contribution in [0.4, 0.5) is 8.78 Å². The van der Waals surface area contributed by atoms with Crippen molar-refractivity contribution in [3.8, 4) is 0 Å². The Labute approximate surface area is 156 Å². The van der Waals surface area contributed by atoms with Crippen LogP contribution in [0, 0.1) is 28.6 Å². The molecule has 146 valence electrons. The van der Waals surface area contributed by atoms with Crippen LogP contribution in [0.5, 0.6) is 0 Å². The number of rotatable bonds is 0. The van der Waals surface area contributed by atoms with E-state index >= 15 is 8.78 Å². The second-order valence-corrected chi connectivity index (χ2v) is 9.56. The largest absolute Gasteiger partial charge is 0.457 e. The summed E-state index contributed by atoms with van der Waals surface area (Å²) in [4.78, 5) is 24.1. The van der Waals surface area contributed by atoms with Crippen molar-refractivity contribution in [1.29, 1.82) is 0 Å². The second kappa shape index (κ2) is 4.70. The Kier molecular flexibility index (Phi) is 3.05. The fourth-order valence-corrected chi connectivity index (χ4v) is 7.14. The molecule has 5 rings (SSSR count). The fraction of sp³-hybridized carbons (Fsp3) is 0.714. The van der Waals surface area contributed by atoms with Gasteiger partial charge in [0.15, 0.2) is 11.5 Å². The third-order valence-electron chi connectivity index (χ3n) is 8.85. The van der Waals surface area contributed by atoms with Crippen molar-refractivity contribution >= 4 is 11.8 Å². The lowest BCUT2D eigenvalue weighted by atomic mass is 9.45.